The lowest BCUT2D eigenvalue weighted by Crippen LogP contribution is -2.35. The van der Waals surface area contributed by atoms with Crippen LogP contribution in [0.2, 0.25) is 0 Å². The summed E-state index contributed by atoms with van der Waals surface area (Å²) in [5, 5.41) is 0. The highest BCUT2D eigenvalue weighted by molar-refractivity contribution is 5.14. The van der Waals surface area contributed by atoms with Crippen LogP contribution < -0.4 is 0 Å². The zero-order chi connectivity index (χ0) is 20.0. The summed E-state index contributed by atoms with van der Waals surface area (Å²) in [5.74, 6) is 15.7. The third-order valence-corrected chi connectivity index (χ3v) is 7.43. The second kappa shape index (κ2) is 9.69. The molecule has 0 unspecified atom stereocenters. The number of hydrogen-bond donors (Lipinski definition) is 0. The van der Waals surface area contributed by atoms with Crippen LogP contribution in [0.3, 0.4) is 0 Å². The predicted molar refractivity (Wildman–Crippen MR) is 115 cm³/mol. The van der Waals surface area contributed by atoms with E-state index in [1.54, 1.807) is 0 Å². The maximum atomic E-state index is 5.89. The molecular weight excluding hydrogens is 344 g/mol. The fraction of sp³-hybridized carbons (Fsp3) is 0.846. The highest BCUT2D eigenvalue weighted by atomic mass is 16.7. The SMILES string of the molecule is CC#CC1(C)CCC(CC2(C#CC)CCC(CC3OCC(C)CO3)CC2)CC1. The molecule has 0 spiro atoms. The molecule has 2 aliphatic carbocycles. The van der Waals surface area contributed by atoms with E-state index in [9.17, 15) is 0 Å². The quantitative estimate of drug-likeness (QED) is 0.538. The molecule has 0 N–H and O–H groups in total. The first-order valence-corrected chi connectivity index (χ1v) is 11.6. The largest absolute Gasteiger partial charge is 0.352 e. The van der Waals surface area contributed by atoms with Crippen molar-refractivity contribution in [1.82, 2.24) is 0 Å². The van der Waals surface area contributed by atoms with Gasteiger partial charge in [-0.2, -0.15) is 0 Å². The molecule has 0 aromatic heterocycles. The highest BCUT2D eigenvalue weighted by Gasteiger charge is 2.39. The van der Waals surface area contributed by atoms with Crippen LogP contribution in [-0.2, 0) is 9.47 Å². The van der Waals surface area contributed by atoms with Gasteiger partial charge in [-0.25, -0.2) is 0 Å². The van der Waals surface area contributed by atoms with E-state index < -0.39 is 0 Å². The topological polar surface area (TPSA) is 18.5 Å². The summed E-state index contributed by atoms with van der Waals surface area (Å²) in [7, 11) is 0. The second-order valence-electron chi connectivity index (χ2n) is 10.1. The minimum Gasteiger partial charge on any atom is -0.352 e. The van der Waals surface area contributed by atoms with Gasteiger partial charge in [0.2, 0.25) is 0 Å². The van der Waals surface area contributed by atoms with Gasteiger partial charge >= 0.3 is 0 Å². The Labute approximate surface area is 173 Å². The third kappa shape index (κ3) is 5.78. The van der Waals surface area contributed by atoms with Crippen molar-refractivity contribution in [3.63, 3.8) is 0 Å². The Morgan fingerprint density at radius 1 is 0.821 bits per heavy atom. The summed E-state index contributed by atoms with van der Waals surface area (Å²) in [4.78, 5) is 0. The molecule has 3 aliphatic rings. The molecule has 2 nitrogen and oxygen atoms in total. The molecule has 156 valence electrons. The number of rotatable bonds is 4. The van der Waals surface area contributed by atoms with Crippen LogP contribution in [0.15, 0.2) is 0 Å². The van der Waals surface area contributed by atoms with E-state index in [0.29, 0.717) is 5.92 Å². The van der Waals surface area contributed by atoms with E-state index >= 15 is 0 Å². The van der Waals surface area contributed by atoms with Gasteiger partial charge in [0.05, 0.1) is 13.2 Å². The van der Waals surface area contributed by atoms with Crippen LogP contribution in [0, 0.1) is 52.3 Å². The molecule has 3 rings (SSSR count). The molecule has 3 fully saturated rings. The zero-order valence-corrected chi connectivity index (χ0v) is 18.6. The normalized spacial score (nSPS) is 41.3. The highest BCUT2D eigenvalue weighted by Crippen LogP contribution is 2.48. The molecule has 0 atom stereocenters. The Kier molecular flexibility index (Phi) is 7.53. The molecular formula is C26H40O2. The van der Waals surface area contributed by atoms with Crippen molar-refractivity contribution in [3.05, 3.63) is 0 Å². The van der Waals surface area contributed by atoms with Crippen molar-refractivity contribution in [2.24, 2.45) is 28.6 Å². The summed E-state index contributed by atoms with van der Waals surface area (Å²) < 4.78 is 11.8. The van der Waals surface area contributed by atoms with Crippen molar-refractivity contribution >= 4 is 0 Å². The van der Waals surface area contributed by atoms with E-state index in [4.69, 9.17) is 9.47 Å². The van der Waals surface area contributed by atoms with E-state index in [0.717, 1.165) is 31.5 Å². The molecule has 1 saturated heterocycles. The average molecular weight is 385 g/mol. The Morgan fingerprint density at radius 3 is 1.96 bits per heavy atom. The second-order valence-corrected chi connectivity index (χ2v) is 10.1. The van der Waals surface area contributed by atoms with Gasteiger partial charge in [0, 0.05) is 23.2 Å². The van der Waals surface area contributed by atoms with Crippen LogP contribution in [0.4, 0.5) is 0 Å². The summed E-state index contributed by atoms with van der Waals surface area (Å²) >= 11 is 0. The van der Waals surface area contributed by atoms with Gasteiger partial charge in [-0.05, 0) is 90.4 Å². The van der Waals surface area contributed by atoms with Crippen LogP contribution in [0.1, 0.15) is 91.9 Å². The van der Waals surface area contributed by atoms with Crippen LogP contribution in [0.5, 0.6) is 0 Å². The fourth-order valence-corrected chi connectivity index (χ4v) is 5.66. The number of hydrogen-bond acceptors (Lipinski definition) is 2. The van der Waals surface area contributed by atoms with Crippen molar-refractivity contribution in [3.8, 4) is 23.7 Å². The summed E-state index contributed by atoms with van der Waals surface area (Å²) in [5.41, 5.74) is 0.507. The van der Waals surface area contributed by atoms with Gasteiger partial charge < -0.3 is 9.47 Å². The Bertz CT molecular complexity index is 604. The van der Waals surface area contributed by atoms with Gasteiger partial charge in [-0.1, -0.05) is 18.8 Å². The Morgan fingerprint density at radius 2 is 1.39 bits per heavy atom. The molecule has 0 aromatic rings. The summed E-state index contributed by atoms with van der Waals surface area (Å²) in [6, 6.07) is 0. The van der Waals surface area contributed by atoms with Crippen LogP contribution in [0.25, 0.3) is 0 Å². The third-order valence-electron chi connectivity index (χ3n) is 7.43. The van der Waals surface area contributed by atoms with Gasteiger partial charge in [0.1, 0.15) is 0 Å². The lowest BCUT2D eigenvalue weighted by atomic mass is 9.62. The Hall–Kier alpha value is -0.960. The molecule has 0 bridgehead atoms. The molecule has 28 heavy (non-hydrogen) atoms. The first-order chi connectivity index (χ1) is 13.5. The van der Waals surface area contributed by atoms with E-state index in [1.165, 1.54) is 57.8 Å². The average Bonchev–Trinajstić information content (AvgIpc) is 2.68. The van der Waals surface area contributed by atoms with Gasteiger partial charge in [0.25, 0.3) is 0 Å². The number of ether oxygens (including phenoxy) is 2. The zero-order valence-electron chi connectivity index (χ0n) is 18.6. The molecule has 2 saturated carbocycles. The first-order valence-electron chi connectivity index (χ1n) is 11.6. The van der Waals surface area contributed by atoms with Crippen molar-refractivity contribution in [2.75, 3.05) is 13.2 Å². The Balaban J connectivity index is 1.50. The van der Waals surface area contributed by atoms with Crippen LogP contribution >= 0.6 is 0 Å². The molecule has 1 aliphatic heterocycles. The van der Waals surface area contributed by atoms with Gasteiger partial charge in [-0.15, -0.1) is 11.8 Å². The molecule has 0 aromatic carbocycles. The minimum atomic E-state index is 0.0293. The van der Waals surface area contributed by atoms with Crippen LogP contribution in [-0.4, -0.2) is 19.5 Å². The smallest absolute Gasteiger partial charge is 0.157 e. The van der Waals surface area contributed by atoms with Gasteiger partial charge in [-0.3, -0.25) is 0 Å². The lowest BCUT2D eigenvalue weighted by molar-refractivity contribution is -0.206. The maximum Gasteiger partial charge on any atom is 0.157 e. The maximum absolute atomic E-state index is 5.89. The van der Waals surface area contributed by atoms with E-state index in [-0.39, 0.29) is 17.1 Å². The van der Waals surface area contributed by atoms with Crippen molar-refractivity contribution in [1.29, 1.82) is 0 Å². The summed E-state index contributed by atoms with van der Waals surface area (Å²) in [6.45, 7) is 10.2. The van der Waals surface area contributed by atoms with E-state index in [2.05, 4.69) is 37.5 Å². The first kappa shape index (κ1) is 21.7. The fourth-order valence-electron chi connectivity index (χ4n) is 5.66. The molecule has 0 amide bonds. The summed E-state index contributed by atoms with van der Waals surface area (Å²) in [6.07, 6.45) is 12.6. The predicted octanol–water partition coefficient (Wildman–Crippen LogP) is 6.20. The van der Waals surface area contributed by atoms with Crippen molar-refractivity contribution in [2.45, 2.75) is 98.2 Å². The molecule has 0 radical (unpaired) electrons. The molecule has 1 heterocycles. The monoisotopic (exact) mass is 384 g/mol. The minimum absolute atomic E-state index is 0.0293. The van der Waals surface area contributed by atoms with E-state index in [1.807, 2.05) is 13.8 Å². The lowest BCUT2D eigenvalue weighted by Gasteiger charge is -2.42. The van der Waals surface area contributed by atoms with Gasteiger partial charge in [0.15, 0.2) is 6.29 Å². The van der Waals surface area contributed by atoms with Crippen molar-refractivity contribution < 1.29 is 9.47 Å². The standard InChI is InChI=1S/C26H40O2/c1-5-11-25(4)13-7-23(8-14-25)18-26(12-6-2)15-9-22(10-16-26)17-24-27-19-21(3)20-28-24/h21-24H,7-10,13-20H2,1-4H3. The molecule has 2 heteroatoms.